The van der Waals surface area contributed by atoms with Crippen molar-refractivity contribution >= 4 is 46.4 Å². The van der Waals surface area contributed by atoms with Crippen molar-refractivity contribution in [2.45, 2.75) is 0 Å². The Kier molecular flexibility index (Phi) is 7.06. The van der Waals surface area contributed by atoms with E-state index in [1.807, 2.05) is 29.2 Å². The van der Waals surface area contributed by atoms with Crippen LogP contribution in [0.15, 0.2) is 66.7 Å². The van der Waals surface area contributed by atoms with Crippen LogP contribution < -0.4 is 15.0 Å². The fourth-order valence-corrected chi connectivity index (χ4v) is 4.10. The molecule has 0 aromatic heterocycles. The number of benzene rings is 3. The molecule has 0 bridgehead atoms. The topological polar surface area (TPSA) is 61.9 Å². The maximum atomic E-state index is 12.8. The summed E-state index contributed by atoms with van der Waals surface area (Å²) in [6.45, 7) is 2.73. The number of methoxy groups -OCH3 is 1. The summed E-state index contributed by atoms with van der Waals surface area (Å²) in [4.78, 5) is 29.4. The van der Waals surface area contributed by atoms with Crippen molar-refractivity contribution in [1.82, 2.24) is 4.90 Å². The number of carbonyl (C=O) groups is 2. The van der Waals surface area contributed by atoms with Crippen molar-refractivity contribution < 1.29 is 14.3 Å². The van der Waals surface area contributed by atoms with Crippen molar-refractivity contribution in [2.75, 3.05) is 43.5 Å². The van der Waals surface area contributed by atoms with Gasteiger partial charge in [-0.1, -0.05) is 29.3 Å². The highest BCUT2D eigenvalue weighted by atomic mass is 35.5. The van der Waals surface area contributed by atoms with Crippen molar-refractivity contribution in [2.24, 2.45) is 0 Å². The van der Waals surface area contributed by atoms with Crippen molar-refractivity contribution in [3.63, 3.8) is 0 Å². The predicted octanol–water partition coefficient (Wildman–Crippen LogP) is 5.22. The van der Waals surface area contributed by atoms with E-state index in [0.29, 0.717) is 34.9 Å². The second-order valence-corrected chi connectivity index (χ2v) is 8.40. The molecule has 3 aromatic carbocycles. The molecule has 33 heavy (non-hydrogen) atoms. The van der Waals surface area contributed by atoms with Crippen molar-refractivity contribution in [3.05, 3.63) is 87.9 Å². The Morgan fingerprint density at radius 2 is 1.55 bits per heavy atom. The summed E-state index contributed by atoms with van der Waals surface area (Å²) in [5, 5.41) is 3.41. The van der Waals surface area contributed by atoms with Crippen LogP contribution in [0.25, 0.3) is 0 Å². The lowest BCUT2D eigenvalue weighted by molar-refractivity contribution is 0.0746. The quantitative estimate of drug-likeness (QED) is 0.540. The highest BCUT2D eigenvalue weighted by Gasteiger charge is 2.22. The lowest BCUT2D eigenvalue weighted by atomic mass is 10.1. The van der Waals surface area contributed by atoms with E-state index in [0.717, 1.165) is 24.5 Å². The van der Waals surface area contributed by atoms with Crippen molar-refractivity contribution in [1.29, 1.82) is 0 Å². The molecule has 1 N–H and O–H groups in total. The Labute approximate surface area is 202 Å². The SMILES string of the molecule is COc1ccc(C(=O)N2CCN(c3ccc(NC(=O)c4cccc(Cl)c4Cl)cc3)CC2)cc1. The van der Waals surface area contributed by atoms with Gasteiger partial charge in [0.05, 0.1) is 22.7 Å². The zero-order chi connectivity index (χ0) is 23.4. The van der Waals surface area contributed by atoms with Gasteiger partial charge >= 0.3 is 0 Å². The molecule has 0 radical (unpaired) electrons. The zero-order valence-electron chi connectivity index (χ0n) is 18.1. The minimum Gasteiger partial charge on any atom is -0.497 e. The fourth-order valence-electron chi connectivity index (χ4n) is 3.72. The molecule has 2 amide bonds. The van der Waals surface area contributed by atoms with Crippen LogP contribution in [0.2, 0.25) is 10.0 Å². The Bertz CT molecular complexity index is 1140. The largest absolute Gasteiger partial charge is 0.497 e. The highest BCUT2D eigenvalue weighted by Crippen LogP contribution is 2.27. The molecule has 8 heteroatoms. The number of hydrogen-bond acceptors (Lipinski definition) is 4. The maximum Gasteiger partial charge on any atom is 0.257 e. The lowest BCUT2D eigenvalue weighted by Crippen LogP contribution is -2.48. The van der Waals surface area contributed by atoms with E-state index >= 15 is 0 Å². The summed E-state index contributed by atoms with van der Waals surface area (Å²) in [5.41, 5.74) is 2.67. The Balaban J connectivity index is 1.34. The molecular formula is C25H23Cl2N3O3. The summed E-state index contributed by atoms with van der Waals surface area (Å²) in [6, 6.07) is 19.7. The molecule has 1 saturated heterocycles. The van der Waals surface area contributed by atoms with Gasteiger partial charge in [0.25, 0.3) is 11.8 Å². The predicted molar refractivity (Wildman–Crippen MR) is 132 cm³/mol. The zero-order valence-corrected chi connectivity index (χ0v) is 19.6. The second kappa shape index (κ2) is 10.1. The standard InChI is InChI=1S/C25H23Cl2N3O3/c1-33-20-11-5-17(6-12-20)25(32)30-15-13-29(14-16-30)19-9-7-18(8-10-19)28-24(31)21-3-2-4-22(26)23(21)27/h2-12H,13-16H2,1H3,(H,28,31). The summed E-state index contributed by atoms with van der Waals surface area (Å²) in [6.07, 6.45) is 0. The van der Waals surface area contributed by atoms with Gasteiger partial charge in [0.15, 0.2) is 0 Å². The number of nitrogens with zero attached hydrogens (tertiary/aromatic N) is 2. The number of anilines is 2. The fraction of sp³-hybridized carbons (Fsp3) is 0.200. The van der Waals surface area contributed by atoms with Gasteiger partial charge in [-0.15, -0.1) is 0 Å². The Morgan fingerprint density at radius 1 is 0.879 bits per heavy atom. The number of carbonyl (C=O) groups excluding carboxylic acids is 2. The summed E-state index contributed by atoms with van der Waals surface area (Å²) >= 11 is 12.1. The van der Waals surface area contributed by atoms with Crippen LogP contribution in [0.4, 0.5) is 11.4 Å². The van der Waals surface area contributed by atoms with Gasteiger partial charge in [-0.2, -0.15) is 0 Å². The molecule has 1 fully saturated rings. The summed E-state index contributed by atoms with van der Waals surface area (Å²) in [7, 11) is 1.60. The Morgan fingerprint density at radius 3 is 2.18 bits per heavy atom. The van der Waals surface area contributed by atoms with Gasteiger partial charge in [0.1, 0.15) is 5.75 Å². The molecule has 0 atom stereocenters. The summed E-state index contributed by atoms with van der Waals surface area (Å²) in [5.74, 6) is 0.433. The number of nitrogens with one attached hydrogen (secondary N) is 1. The van der Waals surface area contributed by atoms with E-state index < -0.39 is 0 Å². The van der Waals surface area contributed by atoms with E-state index in [-0.39, 0.29) is 16.8 Å². The van der Waals surface area contributed by atoms with E-state index in [9.17, 15) is 9.59 Å². The number of rotatable bonds is 5. The molecule has 1 heterocycles. The first-order chi connectivity index (χ1) is 16.0. The average molecular weight is 484 g/mol. The number of hydrogen-bond donors (Lipinski definition) is 1. The van der Waals surface area contributed by atoms with Crippen LogP contribution in [-0.2, 0) is 0 Å². The van der Waals surface area contributed by atoms with Crippen LogP contribution >= 0.6 is 23.2 Å². The van der Waals surface area contributed by atoms with Crippen LogP contribution in [-0.4, -0.2) is 50.0 Å². The van der Waals surface area contributed by atoms with Crippen LogP contribution in [0.3, 0.4) is 0 Å². The van der Waals surface area contributed by atoms with Gasteiger partial charge in [-0.05, 0) is 60.7 Å². The smallest absolute Gasteiger partial charge is 0.257 e. The minimum atomic E-state index is -0.319. The van der Waals surface area contributed by atoms with Crippen molar-refractivity contribution in [3.8, 4) is 5.75 Å². The van der Waals surface area contributed by atoms with Gasteiger partial charge < -0.3 is 19.9 Å². The first-order valence-corrected chi connectivity index (χ1v) is 11.3. The first kappa shape index (κ1) is 23.0. The monoisotopic (exact) mass is 483 g/mol. The molecule has 4 rings (SSSR count). The number of piperazine rings is 1. The maximum absolute atomic E-state index is 12.8. The third-order valence-electron chi connectivity index (χ3n) is 5.59. The highest BCUT2D eigenvalue weighted by molar-refractivity contribution is 6.44. The van der Waals surface area contributed by atoms with Gasteiger partial charge in [-0.25, -0.2) is 0 Å². The van der Waals surface area contributed by atoms with Gasteiger partial charge in [0, 0.05) is 43.1 Å². The Hall–Kier alpha value is -3.22. The molecule has 3 aromatic rings. The number of amides is 2. The molecule has 0 aliphatic carbocycles. The molecule has 0 saturated carbocycles. The minimum absolute atomic E-state index is 0.0232. The molecule has 1 aliphatic rings. The molecule has 6 nitrogen and oxygen atoms in total. The molecule has 170 valence electrons. The third-order valence-corrected chi connectivity index (χ3v) is 6.41. The number of halogens is 2. The number of ether oxygens (including phenoxy) is 1. The van der Waals surface area contributed by atoms with E-state index in [1.165, 1.54) is 0 Å². The van der Waals surface area contributed by atoms with E-state index in [2.05, 4.69) is 10.2 Å². The molecule has 0 unspecified atom stereocenters. The first-order valence-electron chi connectivity index (χ1n) is 10.5. The van der Waals surface area contributed by atoms with E-state index in [4.69, 9.17) is 27.9 Å². The van der Waals surface area contributed by atoms with E-state index in [1.54, 1.807) is 49.6 Å². The van der Waals surface area contributed by atoms with Gasteiger partial charge in [0.2, 0.25) is 0 Å². The normalized spacial score (nSPS) is 13.5. The van der Waals surface area contributed by atoms with Crippen LogP contribution in [0, 0.1) is 0 Å². The second-order valence-electron chi connectivity index (χ2n) is 7.61. The van der Waals surface area contributed by atoms with Gasteiger partial charge in [-0.3, -0.25) is 9.59 Å². The molecule has 0 spiro atoms. The molecular weight excluding hydrogens is 461 g/mol. The average Bonchev–Trinajstić information content (AvgIpc) is 2.86. The third kappa shape index (κ3) is 5.24. The van der Waals surface area contributed by atoms with Crippen LogP contribution in [0.5, 0.6) is 5.75 Å². The summed E-state index contributed by atoms with van der Waals surface area (Å²) < 4.78 is 5.15. The molecule has 1 aliphatic heterocycles. The van der Waals surface area contributed by atoms with Crippen LogP contribution in [0.1, 0.15) is 20.7 Å². The lowest BCUT2D eigenvalue weighted by Gasteiger charge is -2.36.